The molecular formula is C32H32N2O4. The van der Waals surface area contributed by atoms with E-state index in [9.17, 15) is 4.79 Å². The number of rotatable bonds is 6. The van der Waals surface area contributed by atoms with E-state index >= 15 is 0 Å². The van der Waals surface area contributed by atoms with Crippen LogP contribution in [-0.2, 0) is 16.0 Å². The highest BCUT2D eigenvalue weighted by Gasteiger charge is 2.31. The minimum atomic E-state index is -0.785. The van der Waals surface area contributed by atoms with Gasteiger partial charge in [-0.1, -0.05) is 12.1 Å². The van der Waals surface area contributed by atoms with Crippen molar-refractivity contribution in [3.05, 3.63) is 70.7 Å². The van der Waals surface area contributed by atoms with Gasteiger partial charge in [0.1, 0.15) is 17.6 Å². The second-order valence-electron chi connectivity index (χ2n) is 10.7. The summed E-state index contributed by atoms with van der Waals surface area (Å²) >= 11 is 0. The lowest BCUT2D eigenvalue weighted by Gasteiger charge is -2.30. The predicted octanol–water partition coefficient (Wildman–Crippen LogP) is 7.69. The van der Waals surface area contributed by atoms with Crippen molar-refractivity contribution in [3.63, 3.8) is 0 Å². The molecule has 4 aromatic rings. The third kappa shape index (κ3) is 4.37. The second kappa shape index (κ2) is 9.74. The van der Waals surface area contributed by atoms with Gasteiger partial charge in [-0.25, -0.2) is 4.85 Å². The van der Waals surface area contributed by atoms with Crippen LogP contribution in [0.15, 0.2) is 42.6 Å². The van der Waals surface area contributed by atoms with E-state index in [1.165, 1.54) is 5.56 Å². The Bertz CT molecular complexity index is 1620. The van der Waals surface area contributed by atoms with Gasteiger partial charge in [0, 0.05) is 29.0 Å². The van der Waals surface area contributed by atoms with Crippen molar-refractivity contribution in [3.8, 4) is 22.6 Å². The van der Waals surface area contributed by atoms with Gasteiger partial charge in [-0.2, -0.15) is 0 Å². The highest BCUT2D eigenvalue weighted by Crippen LogP contribution is 2.48. The lowest BCUT2D eigenvalue weighted by molar-refractivity contribution is -0.138. The van der Waals surface area contributed by atoms with Crippen LogP contribution in [0.4, 0.5) is 5.69 Å². The molecule has 1 aliphatic rings. The number of fused-ring (bicyclic) bond motifs is 1. The molecular weight excluding hydrogens is 476 g/mol. The SMILES string of the molecule is [C-]#[N+]c1ccc2c(-c3ccc4c5c(ccnc35)CCO4)c(C(OC(C)(C)C)C(C)=O)c(C)cc2c1OCC. The van der Waals surface area contributed by atoms with Crippen molar-refractivity contribution in [1.29, 1.82) is 0 Å². The maximum absolute atomic E-state index is 13.2. The summed E-state index contributed by atoms with van der Waals surface area (Å²) in [5.41, 5.74) is 5.36. The molecule has 6 nitrogen and oxygen atoms in total. The Labute approximate surface area is 223 Å². The standard InChI is InChI=1S/C32H32N2O4/c1-8-36-31-23-17-18(2)26(30(19(3)35)38-32(4,5)6)28(21(23)9-11-24(31)33-7)22-10-12-25-27-20(14-16-37-25)13-15-34-29(22)27/h9-13,15,17,30H,8,14,16H2,1-6H3. The largest absolute Gasteiger partial charge is 0.504 e. The first-order valence-corrected chi connectivity index (χ1v) is 13.0. The zero-order valence-electron chi connectivity index (χ0n) is 22.8. The lowest BCUT2D eigenvalue weighted by Crippen LogP contribution is -2.27. The van der Waals surface area contributed by atoms with E-state index in [0.29, 0.717) is 24.7 Å². The van der Waals surface area contributed by atoms with Gasteiger partial charge < -0.3 is 14.2 Å². The number of benzene rings is 3. The van der Waals surface area contributed by atoms with Gasteiger partial charge in [0.15, 0.2) is 5.78 Å². The Balaban J connectivity index is 1.96. The molecule has 1 aromatic heterocycles. The van der Waals surface area contributed by atoms with Crippen LogP contribution < -0.4 is 9.47 Å². The molecule has 0 spiro atoms. The van der Waals surface area contributed by atoms with E-state index < -0.39 is 11.7 Å². The second-order valence-corrected chi connectivity index (χ2v) is 10.7. The molecule has 0 amide bonds. The number of carbonyl (C=O) groups excluding carboxylic acids is 1. The maximum atomic E-state index is 13.2. The fourth-order valence-electron chi connectivity index (χ4n) is 5.40. The number of Topliss-reactive ketones (excluding diaryl/α,β-unsaturated/α-hetero) is 1. The number of ketones is 1. The molecule has 6 heteroatoms. The number of nitrogens with zero attached hydrogens (tertiary/aromatic N) is 2. The predicted molar refractivity (Wildman–Crippen MR) is 150 cm³/mol. The number of pyridine rings is 1. The molecule has 5 rings (SSSR count). The summed E-state index contributed by atoms with van der Waals surface area (Å²) in [4.78, 5) is 21.7. The van der Waals surface area contributed by atoms with Crippen LogP contribution in [0, 0.1) is 13.5 Å². The van der Waals surface area contributed by atoms with Gasteiger partial charge in [-0.05, 0) is 93.4 Å². The third-order valence-electron chi connectivity index (χ3n) is 6.85. The summed E-state index contributed by atoms with van der Waals surface area (Å²) in [6.07, 6.45) is 1.86. The number of carbonyl (C=O) groups is 1. The first-order valence-electron chi connectivity index (χ1n) is 13.0. The van der Waals surface area contributed by atoms with Crippen LogP contribution in [0.3, 0.4) is 0 Å². The van der Waals surface area contributed by atoms with Crippen LogP contribution in [0.2, 0.25) is 0 Å². The van der Waals surface area contributed by atoms with Crippen molar-refractivity contribution < 1.29 is 19.0 Å². The van der Waals surface area contributed by atoms with E-state index in [2.05, 4.69) is 4.85 Å². The molecule has 0 aliphatic carbocycles. The Hall–Kier alpha value is -3.95. The van der Waals surface area contributed by atoms with Crippen LogP contribution in [0.1, 0.15) is 57.4 Å². The van der Waals surface area contributed by atoms with Crippen LogP contribution in [0.25, 0.3) is 37.6 Å². The van der Waals surface area contributed by atoms with Gasteiger partial charge in [0.2, 0.25) is 5.69 Å². The third-order valence-corrected chi connectivity index (χ3v) is 6.85. The maximum Gasteiger partial charge on any atom is 0.228 e. The summed E-state index contributed by atoms with van der Waals surface area (Å²) < 4.78 is 18.4. The van der Waals surface area contributed by atoms with Gasteiger partial charge in [-0.15, -0.1) is 0 Å². The van der Waals surface area contributed by atoms with Crippen LogP contribution in [-0.4, -0.2) is 29.6 Å². The first-order chi connectivity index (χ1) is 18.1. The number of hydrogen-bond acceptors (Lipinski definition) is 5. The Morgan fingerprint density at radius 3 is 2.66 bits per heavy atom. The van der Waals surface area contributed by atoms with Crippen molar-refractivity contribution in [1.82, 2.24) is 4.98 Å². The molecule has 0 fully saturated rings. The van der Waals surface area contributed by atoms with Gasteiger partial charge in [0.05, 0.1) is 30.9 Å². The molecule has 0 bridgehead atoms. The molecule has 0 saturated heterocycles. The van der Waals surface area contributed by atoms with E-state index in [4.69, 9.17) is 25.8 Å². The highest BCUT2D eigenvalue weighted by atomic mass is 16.5. The number of ether oxygens (including phenoxy) is 3. The van der Waals surface area contributed by atoms with Crippen molar-refractivity contribution in [2.75, 3.05) is 13.2 Å². The van der Waals surface area contributed by atoms with E-state index in [0.717, 1.165) is 56.1 Å². The van der Waals surface area contributed by atoms with Crippen LogP contribution >= 0.6 is 0 Å². The van der Waals surface area contributed by atoms with Crippen LogP contribution in [0.5, 0.6) is 11.5 Å². The molecule has 1 atom stereocenters. The molecule has 0 radical (unpaired) electrons. The summed E-state index contributed by atoms with van der Waals surface area (Å²) in [5, 5.41) is 2.70. The summed E-state index contributed by atoms with van der Waals surface area (Å²) in [6, 6.07) is 11.8. The lowest BCUT2D eigenvalue weighted by atomic mass is 9.84. The summed E-state index contributed by atoms with van der Waals surface area (Å²) in [6.45, 7) is 20.1. The number of aryl methyl sites for hydroxylation is 1. The van der Waals surface area contributed by atoms with Gasteiger partial charge >= 0.3 is 0 Å². The van der Waals surface area contributed by atoms with E-state index in [1.54, 1.807) is 13.0 Å². The quantitative estimate of drug-likeness (QED) is 0.250. The van der Waals surface area contributed by atoms with Crippen molar-refractivity contribution in [2.45, 2.75) is 59.7 Å². The Morgan fingerprint density at radius 2 is 1.97 bits per heavy atom. The van der Waals surface area contributed by atoms with Crippen molar-refractivity contribution >= 4 is 33.1 Å². The van der Waals surface area contributed by atoms with E-state index in [-0.39, 0.29) is 5.78 Å². The number of hydrogen-bond donors (Lipinski definition) is 0. The summed E-state index contributed by atoms with van der Waals surface area (Å²) in [5.74, 6) is 1.28. The topological polar surface area (TPSA) is 62.0 Å². The van der Waals surface area contributed by atoms with Gasteiger partial charge in [0.25, 0.3) is 0 Å². The van der Waals surface area contributed by atoms with Gasteiger partial charge in [-0.3, -0.25) is 9.78 Å². The van der Waals surface area contributed by atoms with E-state index in [1.807, 2.05) is 71.1 Å². The fourth-order valence-corrected chi connectivity index (χ4v) is 5.40. The highest BCUT2D eigenvalue weighted by molar-refractivity contribution is 6.11. The zero-order chi connectivity index (χ0) is 27.2. The summed E-state index contributed by atoms with van der Waals surface area (Å²) in [7, 11) is 0. The average Bonchev–Trinajstić information content (AvgIpc) is 2.87. The first kappa shape index (κ1) is 25.7. The average molecular weight is 509 g/mol. The minimum absolute atomic E-state index is 0.0783. The molecule has 194 valence electrons. The Morgan fingerprint density at radius 1 is 1.18 bits per heavy atom. The molecule has 38 heavy (non-hydrogen) atoms. The zero-order valence-corrected chi connectivity index (χ0v) is 22.8. The van der Waals surface area contributed by atoms with Crippen molar-refractivity contribution in [2.24, 2.45) is 0 Å². The monoisotopic (exact) mass is 508 g/mol. The minimum Gasteiger partial charge on any atom is -0.504 e. The molecule has 2 heterocycles. The molecule has 1 aliphatic heterocycles. The number of aromatic nitrogens is 1. The fraction of sp³-hybridized carbons (Fsp3) is 0.344. The molecule has 0 saturated carbocycles. The molecule has 0 N–H and O–H groups in total. The normalized spacial score (nSPS) is 13.7. The molecule has 1 unspecified atom stereocenters. The Kier molecular flexibility index (Phi) is 6.58. The molecule has 3 aromatic carbocycles. The smallest absolute Gasteiger partial charge is 0.228 e.